The fourth-order valence-corrected chi connectivity index (χ4v) is 2.62. The average molecular weight is 233 g/mol. The third-order valence-electron chi connectivity index (χ3n) is 3.78. The van der Waals surface area contributed by atoms with Gasteiger partial charge in [-0.15, -0.1) is 0 Å². The molecule has 1 aromatic rings. The van der Waals surface area contributed by atoms with E-state index in [9.17, 15) is 0 Å². The molecule has 3 atom stereocenters. The molecule has 3 nitrogen and oxygen atoms in total. The molecule has 1 aliphatic heterocycles. The van der Waals surface area contributed by atoms with Gasteiger partial charge in [-0.25, -0.2) is 5.43 Å². The van der Waals surface area contributed by atoms with E-state index in [1.54, 1.807) is 0 Å². The lowest BCUT2D eigenvalue weighted by atomic mass is 9.87. The van der Waals surface area contributed by atoms with Gasteiger partial charge in [-0.2, -0.15) is 0 Å². The van der Waals surface area contributed by atoms with Gasteiger partial charge in [-0.3, -0.25) is 5.43 Å². The second-order valence-electron chi connectivity index (χ2n) is 4.89. The molecule has 1 aromatic carbocycles. The van der Waals surface area contributed by atoms with Gasteiger partial charge in [0.15, 0.2) is 0 Å². The molecule has 0 amide bonds. The summed E-state index contributed by atoms with van der Waals surface area (Å²) in [6, 6.07) is 9.78. The van der Waals surface area contributed by atoms with Crippen LogP contribution in [0.4, 0.5) is 0 Å². The van der Waals surface area contributed by atoms with Crippen molar-refractivity contribution in [3.63, 3.8) is 0 Å². The van der Waals surface area contributed by atoms with E-state index in [1.807, 2.05) is 0 Å². The minimum Gasteiger partial charge on any atom is -0.330 e. The summed E-state index contributed by atoms with van der Waals surface area (Å²) in [6.45, 7) is 5.15. The van der Waals surface area contributed by atoms with E-state index in [2.05, 4.69) is 49.0 Å². The minimum atomic E-state index is 0.388. The quantitative estimate of drug-likeness (QED) is 0.742. The highest BCUT2D eigenvalue weighted by Crippen LogP contribution is 2.30. The van der Waals surface area contributed by atoms with Crippen molar-refractivity contribution >= 4 is 0 Å². The van der Waals surface area contributed by atoms with Crippen molar-refractivity contribution in [3.05, 3.63) is 35.4 Å². The molecule has 3 heteroatoms. The van der Waals surface area contributed by atoms with Crippen LogP contribution in [0.1, 0.15) is 37.4 Å². The highest BCUT2D eigenvalue weighted by molar-refractivity contribution is 5.26. The fraction of sp³-hybridized carbons (Fsp3) is 0.571. The Hall–Kier alpha value is -0.900. The summed E-state index contributed by atoms with van der Waals surface area (Å²) >= 11 is 0. The maximum Gasteiger partial charge on any atom is 0.0506 e. The molecular weight excluding hydrogens is 210 g/mol. The maximum absolute atomic E-state index is 5.70. The molecule has 94 valence electrons. The smallest absolute Gasteiger partial charge is 0.0506 e. The number of hydrazine groups is 1. The zero-order valence-corrected chi connectivity index (χ0v) is 10.7. The second kappa shape index (κ2) is 5.63. The SMILES string of the molecule is CCc1ccc(C2NNC(C)C2CCN)cc1. The molecule has 17 heavy (non-hydrogen) atoms. The molecule has 0 spiro atoms. The molecule has 0 bridgehead atoms. The number of benzene rings is 1. The molecule has 1 fully saturated rings. The Morgan fingerprint density at radius 1 is 1.18 bits per heavy atom. The molecule has 3 unspecified atom stereocenters. The summed E-state index contributed by atoms with van der Waals surface area (Å²) in [5, 5.41) is 0. The van der Waals surface area contributed by atoms with E-state index in [0.717, 1.165) is 19.4 Å². The number of nitrogens with one attached hydrogen (secondary N) is 2. The van der Waals surface area contributed by atoms with E-state index >= 15 is 0 Å². The third-order valence-corrected chi connectivity index (χ3v) is 3.78. The van der Waals surface area contributed by atoms with Crippen LogP contribution >= 0.6 is 0 Å². The molecule has 1 heterocycles. The van der Waals surface area contributed by atoms with Crippen LogP contribution < -0.4 is 16.6 Å². The fourth-order valence-electron chi connectivity index (χ4n) is 2.62. The van der Waals surface area contributed by atoms with Crippen LogP contribution in [0.5, 0.6) is 0 Å². The van der Waals surface area contributed by atoms with Crippen LogP contribution in [-0.4, -0.2) is 12.6 Å². The van der Waals surface area contributed by atoms with Gasteiger partial charge in [-0.05, 0) is 43.4 Å². The van der Waals surface area contributed by atoms with Crippen LogP contribution in [0.2, 0.25) is 0 Å². The van der Waals surface area contributed by atoms with E-state index in [0.29, 0.717) is 18.0 Å². The molecule has 2 rings (SSSR count). The lowest BCUT2D eigenvalue weighted by molar-refractivity contribution is 0.409. The largest absolute Gasteiger partial charge is 0.330 e. The Labute approximate surface area is 104 Å². The molecular formula is C14H23N3. The molecule has 0 radical (unpaired) electrons. The number of hydrogen-bond acceptors (Lipinski definition) is 3. The van der Waals surface area contributed by atoms with E-state index in [4.69, 9.17) is 5.73 Å². The van der Waals surface area contributed by atoms with Gasteiger partial charge in [0.1, 0.15) is 0 Å². The Bertz CT molecular complexity index is 347. The standard InChI is InChI=1S/C14H23N3/c1-3-11-4-6-12(7-5-11)14-13(8-9-15)10(2)16-17-14/h4-7,10,13-14,16-17H,3,8-9,15H2,1-2H3. The molecule has 0 saturated carbocycles. The maximum atomic E-state index is 5.70. The van der Waals surface area contributed by atoms with Crippen LogP contribution in [-0.2, 0) is 6.42 Å². The predicted molar refractivity (Wildman–Crippen MR) is 71.5 cm³/mol. The zero-order chi connectivity index (χ0) is 12.3. The van der Waals surface area contributed by atoms with Crippen molar-refractivity contribution in [3.8, 4) is 0 Å². The Balaban J connectivity index is 2.14. The van der Waals surface area contributed by atoms with Crippen LogP contribution in [0.15, 0.2) is 24.3 Å². The van der Waals surface area contributed by atoms with Crippen molar-refractivity contribution in [1.29, 1.82) is 0 Å². The summed E-state index contributed by atoms with van der Waals surface area (Å²) in [5.74, 6) is 0.576. The first-order chi connectivity index (χ1) is 8.26. The summed E-state index contributed by atoms with van der Waals surface area (Å²) in [7, 11) is 0. The van der Waals surface area contributed by atoms with Gasteiger partial charge in [0.05, 0.1) is 6.04 Å². The molecule has 4 N–H and O–H groups in total. The number of hydrogen-bond donors (Lipinski definition) is 3. The minimum absolute atomic E-state index is 0.388. The number of nitrogens with two attached hydrogens (primary N) is 1. The Morgan fingerprint density at radius 3 is 2.47 bits per heavy atom. The summed E-state index contributed by atoms with van der Waals surface area (Å²) in [6.07, 6.45) is 2.15. The van der Waals surface area contributed by atoms with Crippen molar-refractivity contribution in [2.45, 2.75) is 38.8 Å². The monoisotopic (exact) mass is 233 g/mol. The van der Waals surface area contributed by atoms with Gasteiger partial charge in [0, 0.05) is 6.04 Å². The van der Waals surface area contributed by atoms with Gasteiger partial charge in [0.25, 0.3) is 0 Å². The number of rotatable bonds is 4. The molecule has 0 aliphatic carbocycles. The van der Waals surface area contributed by atoms with Crippen LogP contribution in [0.25, 0.3) is 0 Å². The normalized spacial score (nSPS) is 28.5. The first-order valence-corrected chi connectivity index (χ1v) is 6.56. The zero-order valence-electron chi connectivity index (χ0n) is 10.7. The first kappa shape index (κ1) is 12.6. The Morgan fingerprint density at radius 2 is 1.88 bits per heavy atom. The molecule has 0 aromatic heterocycles. The van der Waals surface area contributed by atoms with Gasteiger partial charge in [0.2, 0.25) is 0 Å². The van der Waals surface area contributed by atoms with Crippen molar-refractivity contribution in [2.75, 3.05) is 6.54 Å². The summed E-state index contributed by atoms with van der Waals surface area (Å²) in [5.41, 5.74) is 15.2. The number of aryl methyl sites for hydroxylation is 1. The highest BCUT2D eigenvalue weighted by atomic mass is 15.4. The second-order valence-corrected chi connectivity index (χ2v) is 4.89. The third kappa shape index (κ3) is 2.68. The predicted octanol–water partition coefficient (Wildman–Crippen LogP) is 1.75. The molecule has 1 saturated heterocycles. The first-order valence-electron chi connectivity index (χ1n) is 6.56. The van der Waals surface area contributed by atoms with Crippen molar-refractivity contribution in [1.82, 2.24) is 10.9 Å². The van der Waals surface area contributed by atoms with E-state index in [-0.39, 0.29) is 0 Å². The van der Waals surface area contributed by atoms with Gasteiger partial charge in [-0.1, -0.05) is 31.2 Å². The van der Waals surface area contributed by atoms with Crippen LogP contribution in [0.3, 0.4) is 0 Å². The van der Waals surface area contributed by atoms with Gasteiger partial charge >= 0.3 is 0 Å². The average Bonchev–Trinajstić information content (AvgIpc) is 2.72. The van der Waals surface area contributed by atoms with Gasteiger partial charge < -0.3 is 5.73 Å². The van der Waals surface area contributed by atoms with E-state index < -0.39 is 0 Å². The Kier molecular flexibility index (Phi) is 4.15. The molecule has 1 aliphatic rings. The van der Waals surface area contributed by atoms with Crippen molar-refractivity contribution in [2.24, 2.45) is 11.7 Å². The van der Waals surface area contributed by atoms with Crippen molar-refractivity contribution < 1.29 is 0 Å². The summed E-state index contributed by atoms with van der Waals surface area (Å²) < 4.78 is 0. The lowest BCUT2D eigenvalue weighted by Crippen LogP contribution is -2.29. The summed E-state index contributed by atoms with van der Waals surface area (Å²) in [4.78, 5) is 0. The topological polar surface area (TPSA) is 50.1 Å². The van der Waals surface area contributed by atoms with Crippen LogP contribution in [0, 0.1) is 5.92 Å². The van der Waals surface area contributed by atoms with E-state index in [1.165, 1.54) is 11.1 Å². The lowest BCUT2D eigenvalue weighted by Gasteiger charge is -2.20. The highest BCUT2D eigenvalue weighted by Gasteiger charge is 2.32.